The molecule has 0 spiro atoms. The van der Waals surface area contributed by atoms with Crippen LogP contribution in [0.3, 0.4) is 0 Å². The molecule has 0 amide bonds. The minimum Gasteiger partial charge on any atom is -0.494 e. The Labute approximate surface area is 201 Å². The SMILES string of the molecule is C=C(/C=C(/F)C(=C)COC1CCC(c2ccc(C3CCC(OC)CC3)c(F)c2F)CC1)OCC. The van der Waals surface area contributed by atoms with Crippen molar-refractivity contribution in [3.05, 3.63) is 71.3 Å². The average Bonchev–Trinajstić information content (AvgIpc) is 2.85. The number of benzene rings is 1. The monoisotopic (exact) mass is 478 g/mol. The Morgan fingerprint density at radius 1 is 0.912 bits per heavy atom. The Bertz CT molecular complexity index is 879. The summed E-state index contributed by atoms with van der Waals surface area (Å²) in [4.78, 5) is 0. The number of hydrogen-bond donors (Lipinski definition) is 0. The summed E-state index contributed by atoms with van der Waals surface area (Å²) in [6.07, 6.45) is 7.57. The van der Waals surface area contributed by atoms with E-state index in [-0.39, 0.29) is 42.0 Å². The summed E-state index contributed by atoms with van der Waals surface area (Å²) in [6, 6.07) is 3.55. The zero-order valence-corrected chi connectivity index (χ0v) is 20.4. The normalized spacial score (nSPS) is 25.7. The van der Waals surface area contributed by atoms with Gasteiger partial charge in [0, 0.05) is 18.8 Å². The zero-order chi connectivity index (χ0) is 24.7. The van der Waals surface area contributed by atoms with Gasteiger partial charge in [0.05, 0.1) is 25.4 Å². The summed E-state index contributed by atoms with van der Waals surface area (Å²) >= 11 is 0. The molecule has 0 N–H and O–H groups in total. The lowest BCUT2D eigenvalue weighted by Crippen LogP contribution is -2.23. The van der Waals surface area contributed by atoms with Crippen LogP contribution in [0.15, 0.2) is 48.5 Å². The van der Waals surface area contributed by atoms with E-state index in [9.17, 15) is 8.78 Å². The fourth-order valence-electron chi connectivity index (χ4n) is 5.12. The fraction of sp³-hybridized carbons (Fsp3) is 0.571. The first-order chi connectivity index (χ1) is 16.3. The molecule has 0 radical (unpaired) electrons. The van der Waals surface area contributed by atoms with Gasteiger partial charge in [0.15, 0.2) is 11.6 Å². The molecule has 0 heterocycles. The molecule has 1 aromatic rings. The van der Waals surface area contributed by atoms with Gasteiger partial charge in [0.1, 0.15) is 11.6 Å². The van der Waals surface area contributed by atoms with E-state index in [1.165, 1.54) is 6.08 Å². The van der Waals surface area contributed by atoms with Crippen LogP contribution in [0.2, 0.25) is 0 Å². The van der Waals surface area contributed by atoms with Crippen LogP contribution in [0.1, 0.15) is 81.3 Å². The number of halogens is 3. The Hall–Kier alpha value is -2.05. The lowest BCUT2D eigenvalue weighted by atomic mass is 9.79. The highest BCUT2D eigenvalue weighted by Crippen LogP contribution is 2.40. The van der Waals surface area contributed by atoms with E-state index in [0.29, 0.717) is 43.4 Å². The average molecular weight is 479 g/mol. The lowest BCUT2D eigenvalue weighted by molar-refractivity contribution is 0.0382. The van der Waals surface area contributed by atoms with Crippen molar-refractivity contribution in [2.24, 2.45) is 0 Å². The first-order valence-corrected chi connectivity index (χ1v) is 12.3. The van der Waals surface area contributed by atoms with Crippen LogP contribution in [0.4, 0.5) is 13.2 Å². The van der Waals surface area contributed by atoms with Gasteiger partial charge in [-0.2, -0.15) is 0 Å². The molecule has 0 bridgehead atoms. The van der Waals surface area contributed by atoms with Crippen molar-refractivity contribution in [3.8, 4) is 0 Å². The maximum Gasteiger partial charge on any atom is 0.162 e. The lowest BCUT2D eigenvalue weighted by Gasteiger charge is -2.31. The second kappa shape index (κ2) is 12.6. The molecule has 0 atom stereocenters. The molecule has 2 aliphatic rings. The number of methoxy groups -OCH3 is 1. The standard InChI is InChI=1S/C28H37F3O3/c1-5-33-19(3)16-26(29)18(2)17-34-23-12-8-21(9-13-23)25-15-14-24(27(30)28(25)31)20-6-10-22(32-4)11-7-20/h14-16,20-23H,2-3,5-13,17H2,1,4H3/b26-16+. The highest BCUT2D eigenvalue weighted by Gasteiger charge is 2.30. The number of ether oxygens (including phenoxy) is 3. The summed E-state index contributed by atoms with van der Waals surface area (Å²) in [5, 5.41) is 0. The van der Waals surface area contributed by atoms with Crippen molar-refractivity contribution in [3.63, 3.8) is 0 Å². The third-order valence-electron chi connectivity index (χ3n) is 7.15. The molecule has 2 aliphatic carbocycles. The summed E-state index contributed by atoms with van der Waals surface area (Å²) < 4.78 is 60.5. The fourth-order valence-corrected chi connectivity index (χ4v) is 5.12. The van der Waals surface area contributed by atoms with Crippen LogP contribution >= 0.6 is 0 Å². The second-order valence-electron chi connectivity index (χ2n) is 9.36. The highest BCUT2D eigenvalue weighted by molar-refractivity contribution is 5.32. The molecule has 1 aromatic carbocycles. The predicted molar refractivity (Wildman–Crippen MR) is 128 cm³/mol. The summed E-state index contributed by atoms with van der Waals surface area (Å²) in [7, 11) is 1.70. The van der Waals surface area contributed by atoms with Crippen LogP contribution in [-0.2, 0) is 14.2 Å². The van der Waals surface area contributed by atoms with Gasteiger partial charge in [0.2, 0.25) is 0 Å². The number of rotatable bonds is 10. The quantitative estimate of drug-likeness (QED) is 0.255. The van der Waals surface area contributed by atoms with E-state index < -0.39 is 17.5 Å². The Kier molecular flexibility index (Phi) is 9.84. The van der Waals surface area contributed by atoms with Crippen molar-refractivity contribution in [2.45, 2.75) is 82.3 Å². The minimum absolute atomic E-state index is 0.0398. The second-order valence-corrected chi connectivity index (χ2v) is 9.36. The molecule has 34 heavy (non-hydrogen) atoms. The topological polar surface area (TPSA) is 27.7 Å². The molecular formula is C28H37F3O3. The van der Waals surface area contributed by atoms with E-state index in [1.54, 1.807) is 26.2 Å². The smallest absolute Gasteiger partial charge is 0.162 e. The zero-order valence-electron chi connectivity index (χ0n) is 20.4. The Morgan fingerprint density at radius 2 is 1.41 bits per heavy atom. The first-order valence-electron chi connectivity index (χ1n) is 12.3. The van der Waals surface area contributed by atoms with Crippen molar-refractivity contribution in [1.29, 1.82) is 0 Å². The molecular weight excluding hydrogens is 441 g/mol. The third-order valence-corrected chi connectivity index (χ3v) is 7.15. The van der Waals surface area contributed by atoms with Crippen molar-refractivity contribution < 1.29 is 27.4 Å². The van der Waals surface area contributed by atoms with E-state index in [4.69, 9.17) is 14.2 Å². The maximum atomic E-state index is 15.0. The first kappa shape index (κ1) is 26.6. The van der Waals surface area contributed by atoms with E-state index in [1.807, 2.05) is 0 Å². The highest BCUT2D eigenvalue weighted by atomic mass is 19.2. The molecule has 2 fully saturated rings. The summed E-state index contributed by atoms with van der Waals surface area (Å²) in [5.74, 6) is -1.66. The van der Waals surface area contributed by atoms with E-state index >= 15 is 4.39 Å². The van der Waals surface area contributed by atoms with Crippen LogP contribution in [0, 0.1) is 11.6 Å². The third kappa shape index (κ3) is 6.76. The van der Waals surface area contributed by atoms with Crippen LogP contribution < -0.4 is 0 Å². The van der Waals surface area contributed by atoms with Gasteiger partial charge in [-0.05, 0) is 81.3 Å². The van der Waals surface area contributed by atoms with Crippen molar-refractivity contribution in [1.82, 2.24) is 0 Å². The minimum atomic E-state index is -0.703. The molecule has 0 unspecified atom stereocenters. The summed E-state index contributed by atoms with van der Waals surface area (Å²) in [6.45, 7) is 9.63. The van der Waals surface area contributed by atoms with E-state index in [0.717, 1.165) is 25.7 Å². The van der Waals surface area contributed by atoms with Gasteiger partial charge in [-0.1, -0.05) is 25.3 Å². The summed E-state index contributed by atoms with van der Waals surface area (Å²) in [5.41, 5.74) is 1.18. The van der Waals surface area contributed by atoms with Crippen molar-refractivity contribution >= 4 is 0 Å². The maximum absolute atomic E-state index is 15.0. The molecule has 6 heteroatoms. The van der Waals surface area contributed by atoms with Crippen LogP contribution in [0.25, 0.3) is 0 Å². The van der Waals surface area contributed by atoms with Crippen LogP contribution in [0.5, 0.6) is 0 Å². The van der Waals surface area contributed by atoms with Gasteiger partial charge in [-0.15, -0.1) is 0 Å². The van der Waals surface area contributed by atoms with Gasteiger partial charge in [-0.3, -0.25) is 0 Å². The predicted octanol–water partition coefficient (Wildman–Crippen LogP) is 7.64. The Morgan fingerprint density at radius 3 is 1.88 bits per heavy atom. The molecule has 3 rings (SSSR count). The number of allylic oxidation sites excluding steroid dienone is 1. The van der Waals surface area contributed by atoms with Gasteiger partial charge >= 0.3 is 0 Å². The number of hydrogen-bond acceptors (Lipinski definition) is 3. The largest absolute Gasteiger partial charge is 0.494 e. The van der Waals surface area contributed by atoms with Gasteiger partial charge in [-0.25, -0.2) is 13.2 Å². The molecule has 3 nitrogen and oxygen atoms in total. The van der Waals surface area contributed by atoms with Crippen molar-refractivity contribution in [2.75, 3.05) is 20.3 Å². The molecule has 188 valence electrons. The van der Waals surface area contributed by atoms with Gasteiger partial charge in [0.25, 0.3) is 0 Å². The molecule has 2 saturated carbocycles. The molecule has 0 aliphatic heterocycles. The van der Waals surface area contributed by atoms with E-state index in [2.05, 4.69) is 13.2 Å². The van der Waals surface area contributed by atoms with Crippen LogP contribution in [-0.4, -0.2) is 32.5 Å². The molecule has 0 aromatic heterocycles. The van der Waals surface area contributed by atoms with Gasteiger partial charge < -0.3 is 14.2 Å². The molecule has 0 saturated heterocycles. The Balaban J connectivity index is 1.51.